The molecule has 1 atom stereocenters. The van der Waals surface area contributed by atoms with E-state index in [4.69, 9.17) is 15.3 Å². The number of nitrogens with two attached hydrogens (primary N) is 1. The summed E-state index contributed by atoms with van der Waals surface area (Å²) < 4.78 is 5.63. The number of nitrogens with zero attached hydrogens (tertiary/aromatic N) is 4. The van der Waals surface area contributed by atoms with Crippen LogP contribution in [0, 0.1) is 34.0 Å². The Balaban J connectivity index is 2.83. The molecule has 0 saturated heterocycles. The van der Waals surface area contributed by atoms with Crippen LogP contribution >= 0.6 is 0 Å². The highest BCUT2D eigenvalue weighted by molar-refractivity contribution is 5.78. The Morgan fingerprint density at radius 2 is 1.79 bits per heavy atom. The molecule has 1 aromatic rings. The molecule has 7 nitrogen and oxygen atoms in total. The van der Waals surface area contributed by atoms with Gasteiger partial charge in [-0.1, -0.05) is 35.5 Å². The molecule has 0 amide bonds. The second-order valence-corrected chi connectivity index (χ2v) is 5.04. The highest BCUT2D eigenvalue weighted by Crippen LogP contribution is 2.47. The summed E-state index contributed by atoms with van der Waals surface area (Å²) in [5, 5.41) is 31.9. The number of allylic oxidation sites excluding steroid dienone is 1. The third-order valence-electron chi connectivity index (χ3n) is 3.18. The largest absolute Gasteiger partial charge is 0.426 e. The molecule has 0 aliphatic carbocycles. The number of hydrogen-bond acceptors (Lipinski definition) is 7. The van der Waals surface area contributed by atoms with E-state index < -0.39 is 5.79 Å². The molecule has 0 saturated carbocycles. The van der Waals surface area contributed by atoms with Gasteiger partial charge in [0.2, 0.25) is 5.88 Å². The third-order valence-corrected chi connectivity index (χ3v) is 3.18. The van der Waals surface area contributed by atoms with Crippen molar-refractivity contribution in [1.82, 2.24) is 0 Å². The Morgan fingerprint density at radius 1 is 1.17 bits per heavy atom. The maximum absolute atomic E-state index is 9.39. The van der Waals surface area contributed by atoms with Crippen LogP contribution in [-0.4, -0.2) is 5.71 Å². The molecule has 1 aliphatic heterocycles. The summed E-state index contributed by atoms with van der Waals surface area (Å²) in [6, 6.07) is 13.9. The minimum absolute atomic E-state index is 0.0521. The van der Waals surface area contributed by atoms with Crippen LogP contribution in [0.5, 0.6) is 0 Å². The van der Waals surface area contributed by atoms with Gasteiger partial charge in [0.25, 0.3) is 0 Å². The van der Waals surface area contributed by atoms with Gasteiger partial charge in [-0.3, -0.25) is 0 Å². The number of rotatable bonds is 3. The van der Waals surface area contributed by atoms with Gasteiger partial charge in [0.15, 0.2) is 0 Å². The molecule has 0 aromatic heterocycles. The molecule has 0 radical (unpaired) electrons. The van der Waals surface area contributed by atoms with Crippen LogP contribution < -0.4 is 5.73 Å². The lowest BCUT2D eigenvalue weighted by atomic mass is 9.90. The predicted molar refractivity (Wildman–Crippen MR) is 84.2 cm³/mol. The van der Waals surface area contributed by atoms with Gasteiger partial charge >= 0.3 is 5.79 Å². The monoisotopic (exact) mass is 319 g/mol. The Kier molecular flexibility index (Phi) is 4.54. The van der Waals surface area contributed by atoms with Gasteiger partial charge in [-0.15, -0.1) is 0 Å². The second-order valence-electron chi connectivity index (χ2n) is 5.04. The summed E-state index contributed by atoms with van der Waals surface area (Å²) in [7, 11) is 0. The lowest BCUT2D eigenvalue weighted by molar-refractivity contribution is -0.187. The highest BCUT2D eigenvalue weighted by Gasteiger charge is 2.52. The van der Waals surface area contributed by atoms with Crippen molar-refractivity contribution in [3.63, 3.8) is 0 Å². The normalized spacial score (nSPS) is 18.7. The van der Waals surface area contributed by atoms with E-state index >= 15 is 0 Å². The van der Waals surface area contributed by atoms with Crippen LogP contribution in [-0.2, 0) is 15.4 Å². The fourth-order valence-corrected chi connectivity index (χ4v) is 2.22. The summed E-state index contributed by atoms with van der Waals surface area (Å²) in [5.41, 5.74) is 6.31. The lowest BCUT2D eigenvalue weighted by Crippen LogP contribution is -2.32. The minimum atomic E-state index is -1.77. The van der Waals surface area contributed by atoms with E-state index in [9.17, 15) is 15.8 Å². The van der Waals surface area contributed by atoms with Gasteiger partial charge in [0, 0.05) is 5.56 Å². The second kappa shape index (κ2) is 6.56. The lowest BCUT2D eigenvalue weighted by Gasteiger charge is -2.28. The molecule has 0 fully saturated rings. The fraction of sp³-hybridized carbons (Fsp3) is 0.176. The van der Waals surface area contributed by atoms with E-state index in [1.165, 1.54) is 0 Å². The summed E-state index contributed by atoms with van der Waals surface area (Å²) in [5.74, 6) is -2.00. The summed E-state index contributed by atoms with van der Waals surface area (Å²) in [6.45, 7) is 3.41. The van der Waals surface area contributed by atoms with Crippen molar-refractivity contribution in [2.75, 3.05) is 0 Å². The smallest absolute Gasteiger partial charge is 0.333 e. The molecular formula is C17H13N5O2. The van der Waals surface area contributed by atoms with E-state index in [1.807, 2.05) is 6.07 Å². The van der Waals surface area contributed by atoms with Gasteiger partial charge in [-0.05, 0) is 13.8 Å². The quantitative estimate of drug-likeness (QED) is 0.517. The maximum atomic E-state index is 9.39. The van der Waals surface area contributed by atoms with Crippen LogP contribution in [0.25, 0.3) is 0 Å². The first-order valence-electron chi connectivity index (χ1n) is 6.89. The first-order valence-corrected chi connectivity index (χ1v) is 6.89. The molecule has 1 aliphatic rings. The number of ether oxygens (including phenoxy) is 1. The number of nitriles is 3. The molecule has 2 N–H and O–H groups in total. The van der Waals surface area contributed by atoms with Crippen molar-refractivity contribution in [3.8, 4) is 18.2 Å². The first-order chi connectivity index (χ1) is 11.5. The van der Waals surface area contributed by atoms with Gasteiger partial charge in [-0.2, -0.15) is 15.8 Å². The third kappa shape index (κ3) is 2.65. The molecule has 24 heavy (non-hydrogen) atoms. The van der Waals surface area contributed by atoms with Crippen molar-refractivity contribution in [2.24, 2.45) is 10.9 Å². The summed E-state index contributed by atoms with van der Waals surface area (Å²) >= 11 is 0. The molecule has 7 heteroatoms. The van der Waals surface area contributed by atoms with Crippen molar-refractivity contribution in [3.05, 3.63) is 58.5 Å². The highest BCUT2D eigenvalue weighted by atomic mass is 16.8. The van der Waals surface area contributed by atoms with E-state index in [2.05, 4.69) is 5.16 Å². The van der Waals surface area contributed by atoms with E-state index in [-0.39, 0.29) is 22.6 Å². The van der Waals surface area contributed by atoms with Crippen LogP contribution in [0.3, 0.4) is 0 Å². The van der Waals surface area contributed by atoms with Crippen molar-refractivity contribution >= 4 is 5.71 Å². The van der Waals surface area contributed by atoms with Crippen LogP contribution in [0.1, 0.15) is 19.4 Å². The fourth-order valence-electron chi connectivity index (χ4n) is 2.22. The average molecular weight is 319 g/mol. The SMILES string of the molecule is CC(C)=NOC1(c2ccccc2)OC(N)=C(C#N)C1=C(C#N)C#N. The van der Waals surface area contributed by atoms with Gasteiger partial charge in [-0.25, -0.2) is 0 Å². The summed E-state index contributed by atoms with van der Waals surface area (Å²) in [6.07, 6.45) is 0. The molecule has 1 heterocycles. The Labute approximate surface area is 139 Å². The van der Waals surface area contributed by atoms with Gasteiger partial charge in [0.05, 0.1) is 11.3 Å². The van der Waals surface area contributed by atoms with E-state index in [1.54, 1.807) is 56.3 Å². The maximum Gasteiger partial charge on any atom is 0.333 e. The van der Waals surface area contributed by atoms with Crippen molar-refractivity contribution in [2.45, 2.75) is 19.6 Å². The average Bonchev–Trinajstić information content (AvgIpc) is 2.88. The molecule has 118 valence electrons. The van der Waals surface area contributed by atoms with Gasteiger partial charge in [0.1, 0.15) is 29.4 Å². The molecule has 0 spiro atoms. The van der Waals surface area contributed by atoms with Crippen LogP contribution in [0.2, 0.25) is 0 Å². The van der Waals surface area contributed by atoms with E-state index in [0.717, 1.165) is 0 Å². The zero-order chi connectivity index (χ0) is 17.7. The predicted octanol–water partition coefficient (Wildman–Crippen LogP) is 2.32. The topological polar surface area (TPSA) is 128 Å². The molecule has 0 bridgehead atoms. The van der Waals surface area contributed by atoms with E-state index in [0.29, 0.717) is 11.3 Å². The van der Waals surface area contributed by atoms with Gasteiger partial charge < -0.3 is 15.3 Å². The first kappa shape index (κ1) is 16.6. The minimum Gasteiger partial charge on any atom is -0.426 e. The number of benzene rings is 1. The van der Waals surface area contributed by atoms with Crippen molar-refractivity contribution < 1.29 is 9.57 Å². The molecule has 1 aromatic carbocycles. The Morgan fingerprint density at radius 3 is 2.29 bits per heavy atom. The Hall–Kier alpha value is -3.76. The van der Waals surface area contributed by atoms with Crippen LogP contribution in [0.15, 0.2) is 58.1 Å². The van der Waals surface area contributed by atoms with Crippen molar-refractivity contribution in [1.29, 1.82) is 15.8 Å². The number of oxime groups is 1. The zero-order valence-electron chi connectivity index (χ0n) is 13.1. The zero-order valence-corrected chi connectivity index (χ0v) is 13.1. The standard InChI is InChI=1S/C17H13N5O2/c1-11(2)22-24-17(13-6-4-3-5-7-13)15(12(8-18)9-19)14(10-20)16(21)23-17/h3-7H,21H2,1-2H3. The molecule has 1 unspecified atom stereocenters. The summed E-state index contributed by atoms with van der Waals surface area (Å²) in [4.78, 5) is 5.57. The van der Waals surface area contributed by atoms with Crippen LogP contribution in [0.4, 0.5) is 0 Å². The molecular weight excluding hydrogens is 306 g/mol. The molecule has 2 rings (SSSR count). The number of hydrogen-bond donors (Lipinski definition) is 1. The Bertz CT molecular complexity index is 858.